The molecule has 0 aliphatic heterocycles. The van der Waals surface area contributed by atoms with Gasteiger partial charge in [0.2, 0.25) is 0 Å². The maximum absolute atomic E-state index is 10.2. The molecular formula is C15H16ClNO. The normalized spacial score (nSPS) is 12.4. The van der Waals surface area contributed by atoms with Gasteiger partial charge in [-0.1, -0.05) is 29.8 Å². The van der Waals surface area contributed by atoms with Crippen molar-refractivity contribution in [2.75, 3.05) is 0 Å². The number of halogens is 1. The highest BCUT2D eigenvalue weighted by atomic mass is 35.5. The molecule has 2 rings (SSSR count). The predicted octanol–water partition coefficient (Wildman–Crippen LogP) is 3.63. The molecule has 1 atom stereocenters. The second-order valence-corrected chi connectivity index (χ2v) is 4.94. The lowest BCUT2D eigenvalue weighted by atomic mass is 9.99. The minimum atomic E-state index is -0.595. The first kappa shape index (κ1) is 13.1. The van der Waals surface area contributed by atoms with Crippen LogP contribution < -0.4 is 0 Å². The minimum Gasteiger partial charge on any atom is -0.388 e. The molecule has 0 fully saturated rings. The van der Waals surface area contributed by atoms with Crippen molar-refractivity contribution in [1.29, 1.82) is 0 Å². The fraction of sp³-hybridized carbons (Fsp3) is 0.267. The molecule has 1 unspecified atom stereocenters. The molecule has 94 valence electrons. The lowest BCUT2D eigenvalue weighted by Crippen LogP contribution is -2.03. The van der Waals surface area contributed by atoms with E-state index in [-0.39, 0.29) is 0 Å². The second kappa shape index (κ2) is 5.51. The maximum atomic E-state index is 10.2. The van der Waals surface area contributed by atoms with E-state index in [1.165, 1.54) is 11.1 Å². The summed E-state index contributed by atoms with van der Waals surface area (Å²) in [5, 5.41) is 10.7. The summed E-state index contributed by atoms with van der Waals surface area (Å²) in [6.07, 6.45) is 3.17. The van der Waals surface area contributed by atoms with Crippen LogP contribution in [-0.4, -0.2) is 10.1 Å². The van der Waals surface area contributed by atoms with E-state index in [2.05, 4.69) is 31.0 Å². The monoisotopic (exact) mass is 261 g/mol. The van der Waals surface area contributed by atoms with E-state index >= 15 is 0 Å². The first-order valence-corrected chi connectivity index (χ1v) is 6.29. The van der Waals surface area contributed by atoms with Gasteiger partial charge in [-0.05, 0) is 36.6 Å². The zero-order chi connectivity index (χ0) is 13.1. The first-order valence-electron chi connectivity index (χ1n) is 5.91. The second-order valence-electron chi connectivity index (χ2n) is 4.54. The Bertz CT molecular complexity index is 554. The number of aliphatic hydroxyl groups excluding tert-OH is 1. The number of hydrogen-bond acceptors (Lipinski definition) is 2. The molecule has 2 nitrogen and oxygen atoms in total. The van der Waals surface area contributed by atoms with E-state index in [1.54, 1.807) is 18.5 Å². The zero-order valence-electron chi connectivity index (χ0n) is 10.5. The quantitative estimate of drug-likeness (QED) is 0.915. The minimum absolute atomic E-state index is 0.508. The van der Waals surface area contributed by atoms with Crippen LogP contribution in [0.1, 0.15) is 28.4 Å². The van der Waals surface area contributed by atoms with Gasteiger partial charge in [0.05, 0.1) is 11.1 Å². The average Bonchev–Trinajstić information content (AvgIpc) is 2.34. The van der Waals surface area contributed by atoms with Gasteiger partial charge >= 0.3 is 0 Å². The highest BCUT2D eigenvalue weighted by Gasteiger charge is 2.12. The van der Waals surface area contributed by atoms with Gasteiger partial charge in [0.25, 0.3) is 0 Å². The summed E-state index contributed by atoms with van der Waals surface area (Å²) in [6.45, 7) is 4.15. The zero-order valence-corrected chi connectivity index (χ0v) is 11.3. The SMILES string of the molecule is Cc1ccc(CC(O)c2ccncc2Cl)cc1C. The Balaban J connectivity index is 2.19. The Hall–Kier alpha value is -1.38. The molecule has 0 bridgehead atoms. The van der Waals surface area contributed by atoms with E-state index in [9.17, 15) is 5.11 Å². The lowest BCUT2D eigenvalue weighted by Gasteiger charge is -2.13. The molecule has 0 aliphatic carbocycles. The number of aryl methyl sites for hydroxylation is 2. The molecule has 3 heteroatoms. The van der Waals surface area contributed by atoms with Gasteiger partial charge < -0.3 is 5.11 Å². The summed E-state index contributed by atoms with van der Waals surface area (Å²) >= 11 is 6.02. The van der Waals surface area contributed by atoms with Crippen molar-refractivity contribution in [3.05, 3.63) is 63.9 Å². The lowest BCUT2D eigenvalue weighted by molar-refractivity contribution is 0.178. The third-order valence-corrected chi connectivity index (χ3v) is 3.48. The van der Waals surface area contributed by atoms with Crippen molar-refractivity contribution in [2.24, 2.45) is 0 Å². The van der Waals surface area contributed by atoms with Crippen LogP contribution in [0, 0.1) is 13.8 Å². The van der Waals surface area contributed by atoms with E-state index in [0.717, 1.165) is 11.1 Å². The van der Waals surface area contributed by atoms with Crippen LogP contribution in [0.5, 0.6) is 0 Å². The Morgan fingerprint density at radius 2 is 2.00 bits per heavy atom. The smallest absolute Gasteiger partial charge is 0.0845 e. The maximum Gasteiger partial charge on any atom is 0.0845 e. The molecule has 1 aromatic heterocycles. The number of pyridine rings is 1. The summed E-state index contributed by atoms with van der Waals surface area (Å²) in [5.41, 5.74) is 4.33. The van der Waals surface area contributed by atoms with Gasteiger partial charge in [0.15, 0.2) is 0 Å². The molecule has 1 N–H and O–H groups in total. The van der Waals surface area contributed by atoms with E-state index in [1.807, 2.05) is 6.07 Å². The van der Waals surface area contributed by atoms with Gasteiger partial charge in [-0.15, -0.1) is 0 Å². The fourth-order valence-electron chi connectivity index (χ4n) is 1.92. The summed E-state index contributed by atoms with van der Waals surface area (Å²) < 4.78 is 0. The van der Waals surface area contributed by atoms with Crippen LogP contribution in [-0.2, 0) is 6.42 Å². The molecule has 2 aromatic rings. The Kier molecular flexibility index (Phi) is 4.00. The molecular weight excluding hydrogens is 246 g/mol. The standard InChI is InChI=1S/C15H16ClNO/c1-10-3-4-12(7-11(10)2)8-15(18)13-5-6-17-9-14(13)16/h3-7,9,15,18H,8H2,1-2H3. The number of hydrogen-bond donors (Lipinski definition) is 1. The number of rotatable bonds is 3. The molecule has 0 aliphatic rings. The average molecular weight is 262 g/mol. The van der Waals surface area contributed by atoms with Crippen molar-refractivity contribution >= 4 is 11.6 Å². The number of benzene rings is 1. The van der Waals surface area contributed by atoms with Gasteiger partial charge in [-0.25, -0.2) is 0 Å². The van der Waals surface area contributed by atoms with Crippen LogP contribution in [0.2, 0.25) is 5.02 Å². The molecule has 0 saturated heterocycles. The Morgan fingerprint density at radius 3 is 2.67 bits per heavy atom. The summed E-state index contributed by atoms with van der Waals surface area (Å²) in [7, 11) is 0. The van der Waals surface area contributed by atoms with Crippen LogP contribution in [0.4, 0.5) is 0 Å². The van der Waals surface area contributed by atoms with E-state index in [0.29, 0.717) is 11.4 Å². The number of nitrogens with zero attached hydrogens (tertiary/aromatic N) is 1. The molecule has 18 heavy (non-hydrogen) atoms. The van der Waals surface area contributed by atoms with Gasteiger partial charge in [0.1, 0.15) is 0 Å². The van der Waals surface area contributed by atoms with Crippen molar-refractivity contribution in [1.82, 2.24) is 4.98 Å². The van der Waals surface area contributed by atoms with E-state index < -0.39 is 6.10 Å². The topological polar surface area (TPSA) is 33.1 Å². The van der Waals surface area contributed by atoms with E-state index in [4.69, 9.17) is 11.6 Å². The van der Waals surface area contributed by atoms with Crippen molar-refractivity contribution < 1.29 is 5.11 Å². The molecule has 0 spiro atoms. The van der Waals surface area contributed by atoms with Gasteiger partial charge in [-0.3, -0.25) is 4.98 Å². The van der Waals surface area contributed by atoms with Gasteiger partial charge in [0, 0.05) is 24.4 Å². The number of aliphatic hydroxyl groups is 1. The summed E-state index contributed by atoms with van der Waals surface area (Å²) in [6, 6.07) is 7.98. The Morgan fingerprint density at radius 1 is 1.22 bits per heavy atom. The number of aromatic nitrogens is 1. The van der Waals surface area contributed by atoms with Crippen LogP contribution in [0.25, 0.3) is 0 Å². The van der Waals surface area contributed by atoms with Gasteiger partial charge in [-0.2, -0.15) is 0 Å². The largest absolute Gasteiger partial charge is 0.388 e. The molecule has 1 heterocycles. The van der Waals surface area contributed by atoms with Crippen molar-refractivity contribution in [3.63, 3.8) is 0 Å². The molecule has 0 saturated carbocycles. The fourth-order valence-corrected chi connectivity index (χ4v) is 2.17. The predicted molar refractivity (Wildman–Crippen MR) is 73.8 cm³/mol. The van der Waals surface area contributed by atoms with Crippen LogP contribution >= 0.6 is 11.6 Å². The molecule has 0 radical (unpaired) electrons. The molecule has 1 aromatic carbocycles. The highest BCUT2D eigenvalue weighted by Crippen LogP contribution is 2.25. The van der Waals surface area contributed by atoms with Crippen LogP contribution in [0.15, 0.2) is 36.7 Å². The van der Waals surface area contributed by atoms with Crippen molar-refractivity contribution in [3.8, 4) is 0 Å². The van der Waals surface area contributed by atoms with Crippen molar-refractivity contribution in [2.45, 2.75) is 26.4 Å². The summed E-state index contributed by atoms with van der Waals surface area (Å²) in [5.74, 6) is 0. The first-order chi connectivity index (χ1) is 8.58. The van der Waals surface area contributed by atoms with Crippen LogP contribution in [0.3, 0.4) is 0 Å². The Labute approximate surface area is 112 Å². The highest BCUT2D eigenvalue weighted by molar-refractivity contribution is 6.31. The molecule has 0 amide bonds. The third kappa shape index (κ3) is 2.89. The third-order valence-electron chi connectivity index (χ3n) is 3.16. The summed E-state index contributed by atoms with van der Waals surface area (Å²) in [4.78, 5) is 3.92.